The van der Waals surface area contributed by atoms with Crippen LogP contribution in [0.25, 0.3) is 0 Å². The van der Waals surface area contributed by atoms with Crippen LogP contribution < -0.4 is 11.1 Å². The lowest BCUT2D eigenvalue weighted by Crippen LogP contribution is -2.40. The first-order valence-corrected chi connectivity index (χ1v) is 6.52. The van der Waals surface area contributed by atoms with Gasteiger partial charge in [-0.05, 0) is 18.6 Å². The molecular formula is C14H17N3O3. The number of anilines is 1. The van der Waals surface area contributed by atoms with Gasteiger partial charge in [-0.25, -0.2) is 0 Å². The third kappa shape index (κ3) is 2.79. The van der Waals surface area contributed by atoms with Gasteiger partial charge in [0.25, 0.3) is 5.91 Å². The van der Waals surface area contributed by atoms with Gasteiger partial charge in [-0.15, -0.1) is 0 Å². The molecule has 20 heavy (non-hydrogen) atoms. The largest absolute Gasteiger partial charge is 0.398 e. The molecular weight excluding hydrogens is 258 g/mol. The monoisotopic (exact) mass is 275 g/mol. The first-order chi connectivity index (χ1) is 9.52. The van der Waals surface area contributed by atoms with Crippen LogP contribution in [0.3, 0.4) is 0 Å². The number of carbonyl (C=O) groups is 3. The van der Waals surface area contributed by atoms with Gasteiger partial charge in [-0.3, -0.25) is 19.7 Å². The van der Waals surface area contributed by atoms with Gasteiger partial charge in [-0.1, -0.05) is 13.0 Å². The van der Waals surface area contributed by atoms with E-state index in [9.17, 15) is 14.4 Å². The number of hydrogen-bond acceptors (Lipinski definition) is 4. The van der Waals surface area contributed by atoms with Crippen LogP contribution in [-0.4, -0.2) is 29.2 Å². The molecule has 0 unspecified atom stereocenters. The molecule has 1 heterocycles. The number of rotatable bonds is 4. The van der Waals surface area contributed by atoms with Crippen LogP contribution in [0.4, 0.5) is 5.69 Å². The lowest BCUT2D eigenvalue weighted by Gasteiger charge is -2.14. The Morgan fingerprint density at radius 2 is 2.10 bits per heavy atom. The number of fused-ring (bicyclic) bond motifs is 1. The van der Waals surface area contributed by atoms with Crippen molar-refractivity contribution in [3.63, 3.8) is 0 Å². The van der Waals surface area contributed by atoms with Crippen molar-refractivity contribution in [1.29, 1.82) is 0 Å². The Bertz CT molecular complexity index is 569. The molecule has 0 radical (unpaired) electrons. The van der Waals surface area contributed by atoms with E-state index in [1.165, 1.54) is 4.90 Å². The maximum absolute atomic E-state index is 12.1. The van der Waals surface area contributed by atoms with E-state index in [-0.39, 0.29) is 18.4 Å². The van der Waals surface area contributed by atoms with Gasteiger partial charge >= 0.3 is 0 Å². The van der Waals surface area contributed by atoms with Crippen molar-refractivity contribution in [1.82, 2.24) is 10.2 Å². The van der Waals surface area contributed by atoms with Gasteiger partial charge in [-0.2, -0.15) is 0 Å². The number of benzene rings is 1. The summed E-state index contributed by atoms with van der Waals surface area (Å²) in [5.41, 5.74) is 7.62. The number of carbonyl (C=O) groups excluding carboxylic acids is 3. The van der Waals surface area contributed by atoms with Crippen LogP contribution in [0.2, 0.25) is 0 Å². The molecule has 1 aliphatic rings. The van der Waals surface area contributed by atoms with Crippen molar-refractivity contribution in [3.8, 4) is 0 Å². The highest BCUT2D eigenvalue weighted by Crippen LogP contribution is 2.26. The number of hydrogen-bond donors (Lipinski definition) is 2. The Morgan fingerprint density at radius 1 is 1.35 bits per heavy atom. The summed E-state index contributed by atoms with van der Waals surface area (Å²) in [4.78, 5) is 36.5. The van der Waals surface area contributed by atoms with E-state index < -0.39 is 5.91 Å². The zero-order chi connectivity index (χ0) is 14.7. The second-order valence-electron chi connectivity index (χ2n) is 4.76. The lowest BCUT2D eigenvalue weighted by molar-refractivity contribution is -0.130. The minimum Gasteiger partial charge on any atom is -0.398 e. The fourth-order valence-corrected chi connectivity index (χ4v) is 2.20. The van der Waals surface area contributed by atoms with E-state index in [4.69, 9.17) is 5.73 Å². The van der Waals surface area contributed by atoms with Crippen LogP contribution in [0.15, 0.2) is 18.2 Å². The van der Waals surface area contributed by atoms with E-state index in [0.29, 0.717) is 30.6 Å². The SMILES string of the molecule is CCCC(=O)NC(=O)CN1Cc2c(N)cccc2C1=O. The predicted octanol–water partition coefficient (Wildman–Crippen LogP) is 0.667. The number of amides is 3. The van der Waals surface area contributed by atoms with Gasteiger partial charge < -0.3 is 10.6 Å². The number of nitrogens with two attached hydrogens (primary N) is 1. The predicted molar refractivity (Wildman–Crippen MR) is 73.7 cm³/mol. The molecule has 6 nitrogen and oxygen atoms in total. The Balaban J connectivity index is 2.00. The molecule has 0 spiro atoms. The van der Waals surface area contributed by atoms with E-state index in [1.54, 1.807) is 18.2 Å². The standard InChI is InChI=1S/C14H17N3O3/c1-2-4-12(18)16-13(19)8-17-7-10-9(14(17)20)5-3-6-11(10)15/h3,5-6H,2,4,7-8,15H2,1H3,(H,16,18,19). The average Bonchev–Trinajstić information content (AvgIpc) is 2.69. The molecule has 0 saturated heterocycles. The maximum Gasteiger partial charge on any atom is 0.255 e. The third-order valence-corrected chi connectivity index (χ3v) is 3.17. The molecule has 6 heteroatoms. The summed E-state index contributed by atoms with van der Waals surface area (Å²) < 4.78 is 0. The number of nitrogens with one attached hydrogen (secondary N) is 1. The first kappa shape index (κ1) is 14.0. The Labute approximate surface area is 116 Å². The summed E-state index contributed by atoms with van der Waals surface area (Å²) in [6.07, 6.45) is 0.969. The van der Waals surface area contributed by atoms with Crippen molar-refractivity contribution in [2.45, 2.75) is 26.3 Å². The van der Waals surface area contributed by atoms with Gasteiger partial charge in [0.05, 0.1) is 0 Å². The Kier molecular flexibility index (Phi) is 4.02. The van der Waals surface area contributed by atoms with Gasteiger partial charge in [0, 0.05) is 29.8 Å². The molecule has 2 rings (SSSR count). The van der Waals surface area contributed by atoms with Crippen molar-refractivity contribution in [2.75, 3.05) is 12.3 Å². The van der Waals surface area contributed by atoms with Crippen molar-refractivity contribution >= 4 is 23.4 Å². The van der Waals surface area contributed by atoms with Gasteiger partial charge in [0.2, 0.25) is 11.8 Å². The van der Waals surface area contributed by atoms with Crippen molar-refractivity contribution in [3.05, 3.63) is 29.3 Å². The van der Waals surface area contributed by atoms with Gasteiger partial charge in [0.1, 0.15) is 6.54 Å². The minimum absolute atomic E-state index is 0.137. The zero-order valence-electron chi connectivity index (χ0n) is 11.3. The van der Waals surface area contributed by atoms with Crippen LogP contribution in [0.5, 0.6) is 0 Å². The highest BCUT2D eigenvalue weighted by molar-refractivity contribution is 6.03. The summed E-state index contributed by atoms with van der Waals surface area (Å²) in [5, 5.41) is 2.27. The summed E-state index contributed by atoms with van der Waals surface area (Å²) >= 11 is 0. The molecule has 106 valence electrons. The molecule has 3 N–H and O–H groups in total. The Morgan fingerprint density at radius 3 is 2.75 bits per heavy atom. The molecule has 0 bridgehead atoms. The molecule has 0 saturated carbocycles. The maximum atomic E-state index is 12.1. The lowest BCUT2D eigenvalue weighted by atomic mass is 10.1. The van der Waals surface area contributed by atoms with Crippen LogP contribution in [0, 0.1) is 0 Å². The van der Waals surface area contributed by atoms with E-state index in [0.717, 1.165) is 5.56 Å². The highest BCUT2D eigenvalue weighted by Gasteiger charge is 2.30. The van der Waals surface area contributed by atoms with Gasteiger partial charge in [0.15, 0.2) is 0 Å². The molecule has 1 aromatic carbocycles. The second kappa shape index (κ2) is 5.73. The topological polar surface area (TPSA) is 92.5 Å². The summed E-state index contributed by atoms with van der Waals surface area (Å²) in [7, 11) is 0. The minimum atomic E-state index is -0.469. The zero-order valence-corrected chi connectivity index (χ0v) is 11.3. The summed E-state index contributed by atoms with van der Waals surface area (Å²) in [6.45, 7) is 2.02. The van der Waals surface area contributed by atoms with Crippen molar-refractivity contribution in [2.24, 2.45) is 0 Å². The van der Waals surface area contributed by atoms with Crippen molar-refractivity contribution < 1.29 is 14.4 Å². The molecule has 0 aliphatic carbocycles. The second-order valence-corrected chi connectivity index (χ2v) is 4.76. The van der Waals surface area contributed by atoms with E-state index in [1.807, 2.05) is 6.92 Å². The summed E-state index contributed by atoms with van der Waals surface area (Å²) in [5.74, 6) is -1.02. The normalized spacial score (nSPS) is 13.2. The number of imide groups is 1. The van der Waals surface area contributed by atoms with Crippen LogP contribution in [-0.2, 0) is 16.1 Å². The molecule has 0 atom stereocenters. The Hall–Kier alpha value is -2.37. The third-order valence-electron chi connectivity index (χ3n) is 3.17. The molecule has 1 aliphatic heterocycles. The fraction of sp³-hybridized carbons (Fsp3) is 0.357. The molecule has 0 fully saturated rings. The molecule has 1 aromatic rings. The smallest absolute Gasteiger partial charge is 0.255 e. The fourth-order valence-electron chi connectivity index (χ4n) is 2.20. The molecule has 3 amide bonds. The molecule has 0 aromatic heterocycles. The summed E-state index contributed by atoms with van der Waals surface area (Å²) in [6, 6.07) is 5.12. The van der Waals surface area contributed by atoms with E-state index in [2.05, 4.69) is 5.32 Å². The average molecular weight is 275 g/mol. The number of nitrogens with zero attached hydrogens (tertiary/aromatic N) is 1. The number of nitrogen functional groups attached to an aromatic ring is 1. The quantitative estimate of drug-likeness (QED) is 0.790. The highest BCUT2D eigenvalue weighted by atomic mass is 16.2. The van der Waals surface area contributed by atoms with Crippen LogP contribution in [0.1, 0.15) is 35.7 Å². The van der Waals surface area contributed by atoms with Crippen LogP contribution >= 0.6 is 0 Å². The first-order valence-electron chi connectivity index (χ1n) is 6.52. The van der Waals surface area contributed by atoms with E-state index >= 15 is 0 Å².